The summed E-state index contributed by atoms with van der Waals surface area (Å²) in [6, 6.07) is 15.8. The zero-order valence-corrected chi connectivity index (χ0v) is 17.4. The van der Waals surface area contributed by atoms with Crippen molar-refractivity contribution in [2.45, 2.75) is 39.0 Å². The van der Waals surface area contributed by atoms with E-state index in [0.29, 0.717) is 31.0 Å². The maximum atomic E-state index is 12.2. The molecule has 30 heavy (non-hydrogen) atoms. The molecule has 154 valence electrons. The molecule has 4 aromatic rings. The summed E-state index contributed by atoms with van der Waals surface area (Å²) in [5.74, 6) is 2.38. The van der Waals surface area contributed by atoms with Gasteiger partial charge in [0.05, 0.1) is 11.0 Å². The maximum Gasteiger partial charge on any atom is 0.226 e. The number of rotatable bonds is 7. The van der Waals surface area contributed by atoms with Gasteiger partial charge in [-0.25, -0.2) is 4.98 Å². The average molecular weight is 403 g/mol. The smallest absolute Gasteiger partial charge is 0.226 e. The largest absolute Gasteiger partial charge is 0.339 e. The van der Waals surface area contributed by atoms with E-state index in [-0.39, 0.29) is 11.8 Å². The minimum Gasteiger partial charge on any atom is -0.339 e. The first-order valence-electron chi connectivity index (χ1n) is 10.2. The number of para-hydroxylation sites is 2. The Labute approximate surface area is 175 Å². The van der Waals surface area contributed by atoms with E-state index in [0.717, 1.165) is 28.1 Å². The Morgan fingerprint density at radius 2 is 1.87 bits per heavy atom. The van der Waals surface area contributed by atoms with Crippen LogP contribution in [0.25, 0.3) is 22.4 Å². The highest BCUT2D eigenvalue weighted by Crippen LogP contribution is 2.24. The Hall–Kier alpha value is -3.48. The molecule has 1 N–H and O–H groups in total. The number of imidazole rings is 1. The molecule has 0 unspecified atom stereocenters. The molecule has 4 rings (SSSR count). The van der Waals surface area contributed by atoms with Crippen molar-refractivity contribution < 1.29 is 9.32 Å². The highest BCUT2D eigenvalue weighted by molar-refractivity contribution is 5.91. The van der Waals surface area contributed by atoms with Crippen LogP contribution in [0.5, 0.6) is 0 Å². The van der Waals surface area contributed by atoms with Gasteiger partial charge in [0.15, 0.2) is 5.82 Å². The number of carbonyl (C=O) groups is 1. The van der Waals surface area contributed by atoms with Crippen LogP contribution in [0, 0.1) is 0 Å². The molecule has 2 aromatic heterocycles. The van der Waals surface area contributed by atoms with E-state index < -0.39 is 0 Å². The molecule has 0 fully saturated rings. The van der Waals surface area contributed by atoms with Gasteiger partial charge >= 0.3 is 0 Å². The van der Waals surface area contributed by atoms with Gasteiger partial charge in [0, 0.05) is 37.1 Å². The molecule has 0 saturated heterocycles. The van der Waals surface area contributed by atoms with Crippen LogP contribution in [0.2, 0.25) is 0 Å². The van der Waals surface area contributed by atoms with E-state index in [2.05, 4.69) is 26.1 Å². The molecule has 2 aromatic carbocycles. The van der Waals surface area contributed by atoms with Crippen molar-refractivity contribution in [2.24, 2.45) is 7.05 Å². The Balaban J connectivity index is 1.33. The summed E-state index contributed by atoms with van der Waals surface area (Å²) < 4.78 is 7.29. The van der Waals surface area contributed by atoms with Crippen LogP contribution in [0.15, 0.2) is 53.1 Å². The molecule has 1 amide bonds. The number of hydrogen-bond donors (Lipinski definition) is 1. The first kappa shape index (κ1) is 19.8. The van der Waals surface area contributed by atoms with Crippen molar-refractivity contribution in [1.29, 1.82) is 0 Å². The van der Waals surface area contributed by atoms with Crippen molar-refractivity contribution >= 4 is 22.6 Å². The first-order chi connectivity index (χ1) is 14.5. The lowest BCUT2D eigenvalue weighted by Gasteiger charge is -2.07. The summed E-state index contributed by atoms with van der Waals surface area (Å²) in [5, 5.41) is 6.88. The molecule has 0 saturated carbocycles. The number of aromatic nitrogens is 4. The molecular weight excluding hydrogens is 378 g/mol. The number of nitrogens with zero attached hydrogens (tertiary/aromatic N) is 4. The second-order valence-electron chi connectivity index (χ2n) is 7.66. The normalized spacial score (nSPS) is 11.3. The lowest BCUT2D eigenvalue weighted by Crippen LogP contribution is -2.11. The summed E-state index contributed by atoms with van der Waals surface area (Å²) in [6.45, 7) is 4.03. The molecule has 0 atom stereocenters. The second kappa shape index (κ2) is 8.49. The van der Waals surface area contributed by atoms with Crippen LogP contribution in [0.1, 0.15) is 44.3 Å². The van der Waals surface area contributed by atoms with Crippen molar-refractivity contribution in [3.05, 3.63) is 60.2 Å². The lowest BCUT2D eigenvalue weighted by atomic mass is 10.2. The number of carbonyl (C=O) groups excluding carboxylic acids is 1. The third-order valence-corrected chi connectivity index (χ3v) is 5.01. The predicted octanol–water partition coefficient (Wildman–Crippen LogP) is 4.71. The van der Waals surface area contributed by atoms with Gasteiger partial charge in [-0.3, -0.25) is 4.79 Å². The van der Waals surface area contributed by atoms with E-state index in [4.69, 9.17) is 9.51 Å². The van der Waals surface area contributed by atoms with Crippen molar-refractivity contribution in [3.8, 4) is 11.4 Å². The molecule has 0 aliphatic heterocycles. The van der Waals surface area contributed by atoms with Crippen molar-refractivity contribution in [3.63, 3.8) is 0 Å². The number of fused-ring (bicyclic) bond motifs is 1. The van der Waals surface area contributed by atoms with Crippen LogP contribution in [-0.2, 0) is 18.3 Å². The molecule has 0 aliphatic carbocycles. The van der Waals surface area contributed by atoms with Gasteiger partial charge < -0.3 is 14.4 Å². The topological polar surface area (TPSA) is 85.8 Å². The number of anilines is 1. The van der Waals surface area contributed by atoms with Gasteiger partial charge in [-0.05, 0) is 42.8 Å². The Kier molecular flexibility index (Phi) is 5.61. The predicted molar refractivity (Wildman–Crippen MR) is 116 cm³/mol. The fraction of sp³-hybridized carbons (Fsp3) is 0.304. The minimum absolute atomic E-state index is 0.0333. The number of hydrogen-bond acceptors (Lipinski definition) is 5. The molecule has 0 spiro atoms. The zero-order valence-electron chi connectivity index (χ0n) is 17.4. The molecular formula is C23H25N5O2. The summed E-state index contributed by atoms with van der Waals surface area (Å²) in [5.41, 5.74) is 3.83. The fourth-order valence-electron chi connectivity index (χ4n) is 3.33. The van der Waals surface area contributed by atoms with Gasteiger partial charge in [0.1, 0.15) is 5.82 Å². The molecule has 7 heteroatoms. The SMILES string of the molecule is CC(C)c1noc(CCCC(=O)Nc2ccc(-c3nc4ccccc4n3C)cc2)n1. The number of nitrogens with one attached hydrogen (secondary N) is 1. The summed E-state index contributed by atoms with van der Waals surface area (Å²) >= 11 is 0. The standard InChI is InChI=1S/C23H25N5O2/c1-15(2)22-26-21(30-27-22)10-6-9-20(29)24-17-13-11-16(12-14-17)23-25-18-7-4-5-8-19(18)28(23)3/h4-5,7-8,11-15H,6,9-10H2,1-3H3,(H,24,29). The Bertz CT molecular complexity index is 1160. The highest BCUT2D eigenvalue weighted by Gasteiger charge is 2.12. The van der Waals surface area contributed by atoms with Crippen LogP contribution in [0.4, 0.5) is 5.69 Å². The molecule has 0 radical (unpaired) electrons. The minimum atomic E-state index is -0.0333. The van der Waals surface area contributed by atoms with E-state index in [1.165, 1.54) is 0 Å². The molecule has 0 bridgehead atoms. The average Bonchev–Trinajstić information content (AvgIpc) is 3.34. The third-order valence-electron chi connectivity index (χ3n) is 5.01. The Morgan fingerprint density at radius 3 is 2.57 bits per heavy atom. The number of amides is 1. The Morgan fingerprint density at radius 1 is 1.10 bits per heavy atom. The monoisotopic (exact) mass is 403 g/mol. The van der Waals surface area contributed by atoms with Crippen molar-refractivity contribution in [2.75, 3.05) is 5.32 Å². The first-order valence-corrected chi connectivity index (χ1v) is 10.2. The molecule has 2 heterocycles. The van der Waals surface area contributed by atoms with Crippen LogP contribution < -0.4 is 5.32 Å². The van der Waals surface area contributed by atoms with Gasteiger partial charge in [-0.2, -0.15) is 4.98 Å². The fourth-order valence-corrected chi connectivity index (χ4v) is 3.33. The third kappa shape index (κ3) is 4.25. The van der Waals surface area contributed by atoms with Crippen LogP contribution >= 0.6 is 0 Å². The molecule has 7 nitrogen and oxygen atoms in total. The number of benzene rings is 2. The van der Waals surface area contributed by atoms with E-state index >= 15 is 0 Å². The van der Waals surface area contributed by atoms with E-state index in [9.17, 15) is 4.79 Å². The van der Waals surface area contributed by atoms with Gasteiger partial charge in [0.2, 0.25) is 11.8 Å². The zero-order chi connectivity index (χ0) is 21.1. The van der Waals surface area contributed by atoms with Crippen molar-refractivity contribution in [1.82, 2.24) is 19.7 Å². The molecule has 0 aliphatic rings. The maximum absolute atomic E-state index is 12.2. The van der Waals surface area contributed by atoms with Crippen LogP contribution in [-0.4, -0.2) is 25.6 Å². The summed E-state index contributed by atoms with van der Waals surface area (Å²) in [6.07, 6.45) is 1.65. The van der Waals surface area contributed by atoms with Crippen LogP contribution in [0.3, 0.4) is 0 Å². The quantitative estimate of drug-likeness (QED) is 0.483. The van der Waals surface area contributed by atoms with Gasteiger partial charge in [0.25, 0.3) is 0 Å². The van der Waals surface area contributed by atoms with Gasteiger partial charge in [-0.15, -0.1) is 0 Å². The van der Waals surface area contributed by atoms with Gasteiger partial charge in [-0.1, -0.05) is 31.1 Å². The van der Waals surface area contributed by atoms with E-state index in [1.807, 2.05) is 63.4 Å². The summed E-state index contributed by atoms with van der Waals surface area (Å²) in [4.78, 5) is 21.3. The highest BCUT2D eigenvalue weighted by atomic mass is 16.5. The van der Waals surface area contributed by atoms with E-state index in [1.54, 1.807) is 0 Å². The lowest BCUT2D eigenvalue weighted by molar-refractivity contribution is -0.116. The second-order valence-corrected chi connectivity index (χ2v) is 7.66. The summed E-state index contributed by atoms with van der Waals surface area (Å²) in [7, 11) is 2.01. The number of aryl methyl sites for hydroxylation is 2.